The molecule has 19 heavy (non-hydrogen) atoms. The molecule has 0 saturated carbocycles. The zero-order valence-electron chi connectivity index (χ0n) is 11.2. The lowest BCUT2D eigenvalue weighted by molar-refractivity contribution is -0.883. The topological polar surface area (TPSA) is 58.9 Å². The number of carbonyl (C=O) groups is 1. The van der Waals surface area contributed by atoms with E-state index in [0.29, 0.717) is 18.7 Å². The molecule has 1 aromatic rings. The molecular formula is C13H19N2O3S+. The number of likely N-dealkylation sites (N-methyl/N-ethyl adjacent to an activating group) is 1. The van der Waals surface area contributed by atoms with Crippen molar-refractivity contribution in [1.82, 2.24) is 4.31 Å². The molecule has 1 aliphatic rings. The number of carbonyl (C=O) groups excluding carboxylic acids is 1. The molecule has 1 aromatic carbocycles. The Labute approximate surface area is 113 Å². The Kier molecular flexibility index (Phi) is 4.03. The highest BCUT2D eigenvalue weighted by molar-refractivity contribution is 7.89. The molecule has 0 amide bonds. The Morgan fingerprint density at radius 3 is 2.16 bits per heavy atom. The van der Waals surface area contributed by atoms with E-state index >= 15 is 0 Å². The van der Waals surface area contributed by atoms with E-state index in [4.69, 9.17) is 0 Å². The van der Waals surface area contributed by atoms with Crippen molar-refractivity contribution in [3.8, 4) is 0 Å². The van der Waals surface area contributed by atoms with Gasteiger partial charge in [-0.2, -0.15) is 4.31 Å². The molecule has 0 unspecified atom stereocenters. The summed E-state index contributed by atoms with van der Waals surface area (Å²) in [5.41, 5.74) is 0.529. The molecule has 2 rings (SSSR count). The van der Waals surface area contributed by atoms with E-state index in [-0.39, 0.29) is 10.7 Å². The van der Waals surface area contributed by atoms with E-state index in [9.17, 15) is 13.2 Å². The van der Waals surface area contributed by atoms with E-state index in [1.165, 1.54) is 28.3 Å². The molecule has 0 aromatic heterocycles. The summed E-state index contributed by atoms with van der Waals surface area (Å²) in [6.07, 6.45) is 0. The number of nitrogens with zero attached hydrogens (tertiary/aromatic N) is 1. The van der Waals surface area contributed by atoms with E-state index in [2.05, 4.69) is 7.05 Å². The second-order valence-electron chi connectivity index (χ2n) is 4.94. The second-order valence-corrected chi connectivity index (χ2v) is 6.88. The first-order valence-corrected chi connectivity index (χ1v) is 7.78. The standard InChI is InChI=1S/C13H18N2O3S/c1-11(16)12-3-5-13(6-4-12)19(17,18)15-9-7-14(2)8-10-15/h3-6H,7-10H2,1-2H3/p+1. The van der Waals surface area contributed by atoms with Crippen molar-refractivity contribution in [1.29, 1.82) is 0 Å². The van der Waals surface area contributed by atoms with Crippen LogP contribution in [0.4, 0.5) is 0 Å². The largest absolute Gasteiger partial charge is 0.335 e. The van der Waals surface area contributed by atoms with E-state index in [1.54, 1.807) is 12.1 Å². The molecule has 6 heteroatoms. The molecule has 0 aliphatic carbocycles. The second kappa shape index (κ2) is 5.40. The number of rotatable bonds is 3. The molecule has 0 atom stereocenters. The van der Waals surface area contributed by atoms with Crippen molar-refractivity contribution < 1.29 is 18.1 Å². The zero-order valence-corrected chi connectivity index (χ0v) is 12.0. The summed E-state index contributed by atoms with van der Waals surface area (Å²) in [7, 11) is -1.36. The third-order valence-electron chi connectivity index (χ3n) is 3.47. The van der Waals surface area contributed by atoms with E-state index in [0.717, 1.165) is 13.1 Å². The van der Waals surface area contributed by atoms with E-state index < -0.39 is 10.0 Å². The molecule has 1 saturated heterocycles. The molecule has 5 nitrogen and oxygen atoms in total. The van der Waals surface area contributed by atoms with Crippen LogP contribution >= 0.6 is 0 Å². The maximum atomic E-state index is 12.4. The van der Waals surface area contributed by atoms with Crippen molar-refractivity contribution >= 4 is 15.8 Å². The molecule has 0 radical (unpaired) electrons. The highest BCUT2D eigenvalue weighted by Crippen LogP contribution is 2.16. The van der Waals surface area contributed by atoms with Gasteiger partial charge in [0.2, 0.25) is 10.0 Å². The van der Waals surface area contributed by atoms with Crippen molar-refractivity contribution in [3.05, 3.63) is 29.8 Å². The maximum Gasteiger partial charge on any atom is 0.243 e. The number of ketones is 1. The third-order valence-corrected chi connectivity index (χ3v) is 5.39. The fraction of sp³-hybridized carbons (Fsp3) is 0.462. The minimum atomic E-state index is -3.42. The van der Waals surface area contributed by atoms with Crippen LogP contribution in [0.5, 0.6) is 0 Å². The number of hydrogen-bond acceptors (Lipinski definition) is 3. The predicted molar refractivity (Wildman–Crippen MR) is 71.8 cm³/mol. The van der Waals surface area contributed by atoms with Crippen LogP contribution in [0, 0.1) is 0 Å². The summed E-state index contributed by atoms with van der Waals surface area (Å²) in [4.78, 5) is 12.8. The van der Waals surface area contributed by atoms with Gasteiger partial charge in [-0.25, -0.2) is 8.42 Å². The van der Waals surface area contributed by atoms with E-state index in [1.807, 2.05) is 0 Å². The van der Waals surface area contributed by atoms with Crippen molar-refractivity contribution in [3.63, 3.8) is 0 Å². The van der Waals surface area contributed by atoms with Crippen LogP contribution in [0.2, 0.25) is 0 Å². The monoisotopic (exact) mass is 283 g/mol. The number of sulfonamides is 1. The van der Waals surface area contributed by atoms with Gasteiger partial charge in [0.15, 0.2) is 5.78 Å². The Hall–Kier alpha value is -1.24. The van der Waals surface area contributed by atoms with Crippen molar-refractivity contribution in [2.45, 2.75) is 11.8 Å². The van der Waals surface area contributed by atoms with Crippen LogP contribution in [0.1, 0.15) is 17.3 Å². The fourth-order valence-electron chi connectivity index (χ4n) is 2.12. The van der Waals surface area contributed by atoms with Crippen LogP contribution in [-0.4, -0.2) is 51.7 Å². The number of benzene rings is 1. The average molecular weight is 283 g/mol. The number of quaternary nitrogens is 1. The van der Waals surface area contributed by atoms with Gasteiger partial charge in [-0.1, -0.05) is 12.1 Å². The van der Waals surface area contributed by atoms with Gasteiger partial charge in [-0.15, -0.1) is 0 Å². The van der Waals surface area contributed by atoms with Crippen LogP contribution in [0.25, 0.3) is 0 Å². The minimum Gasteiger partial charge on any atom is -0.335 e. The highest BCUT2D eigenvalue weighted by Gasteiger charge is 2.28. The summed E-state index contributed by atoms with van der Waals surface area (Å²) in [5, 5.41) is 0. The van der Waals surface area contributed by atoms with Gasteiger partial charge in [0.05, 0.1) is 38.1 Å². The highest BCUT2D eigenvalue weighted by atomic mass is 32.2. The lowest BCUT2D eigenvalue weighted by atomic mass is 10.2. The number of piperazine rings is 1. The van der Waals surface area contributed by atoms with Gasteiger partial charge in [-0.3, -0.25) is 4.79 Å². The summed E-state index contributed by atoms with van der Waals surface area (Å²) in [6.45, 7) is 4.20. The molecule has 1 N–H and O–H groups in total. The molecule has 0 spiro atoms. The molecular weight excluding hydrogens is 264 g/mol. The fourth-order valence-corrected chi connectivity index (χ4v) is 3.56. The first-order valence-electron chi connectivity index (χ1n) is 6.34. The molecule has 1 aliphatic heterocycles. The smallest absolute Gasteiger partial charge is 0.243 e. The first-order chi connectivity index (χ1) is 8.91. The van der Waals surface area contributed by atoms with Crippen molar-refractivity contribution in [2.75, 3.05) is 33.2 Å². The molecule has 1 fully saturated rings. The van der Waals surface area contributed by atoms with Crippen LogP contribution < -0.4 is 4.90 Å². The average Bonchev–Trinajstić information content (AvgIpc) is 2.39. The van der Waals surface area contributed by atoms with Gasteiger partial charge in [0, 0.05) is 5.56 Å². The summed E-state index contributed by atoms with van der Waals surface area (Å²) in [6, 6.07) is 6.15. The van der Waals surface area contributed by atoms with Gasteiger partial charge < -0.3 is 4.90 Å². The number of nitrogens with one attached hydrogen (secondary N) is 1. The van der Waals surface area contributed by atoms with Gasteiger partial charge >= 0.3 is 0 Å². The third kappa shape index (κ3) is 3.02. The van der Waals surface area contributed by atoms with Gasteiger partial charge in [-0.05, 0) is 19.1 Å². The quantitative estimate of drug-likeness (QED) is 0.754. The van der Waals surface area contributed by atoms with Crippen molar-refractivity contribution in [2.24, 2.45) is 0 Å². The van der Waals surface area contributed by atoms with Gasteiger partial charge in [0.1, 0.15) is 0 Å². The predicted octanol–water partition coefficient (Wildman–Crippen LogP) is -0.592. The lowest BCUT2D eigenvalue weighted by Crippen LogP contribution is -3.12. The molecule has 1 heterocycles. The Morgan fingerprint density at radius 1 is 1.16 bits per heavy atom. The molecule has 104 valence electrons. The number of Topliss-reactive ketones (excluding diaryl/α,β-unsaturated/α-hetero) is 1. The zero-order chi connectivity index (χ0) is 14.0. The van der Waals surface area contributed by atoms with Gasteiger partial charge in [0.25, 0.3) is 0 Å². The summed E-state index contributed by atoms with van der Waals surface area (Å²) in [5.74, 6) is -0.0628. The normalized spacial score (nSPS) is 18.4. The Balaban J connectivity index is 2.22. The van der Waals surface area contributed by atoms with Crippen LogP contribution in [-0.2, 0) is 10.0 Å². The Morgan fingerprint density at radius 2 is 1.68 bits per heavy atom. The summed E-state index contributed by atoms with van der Waals surface area (Å²) >= 11 is 0. The summed E-state index contributed by atoms with van der Waals surface area (Å²) < 4.78 is 26.3. The maximum absolute atomic E-state index is 12.4. The number of hydrogen-bond donors (Lipinski definition) is 1. The van der Waals surface area contributed by atoms with Crippen LogP contribution in [0.3, 0.4) is 0 Å². The Bertz CT molecular complexity index is 558. The lowest BCUT2D eigenvalue weighted by Gasteiger charge is -2.29. The SMILES string of the molecule is CC(=O)c1ccc(S(=O)(=O)N2CC[NH+](C)CC2)cc1. The molecule has 0 bridgehead atoms. The minimum absolute atomic E-state index is 0.0628. The van der Waals surface area contributed by atoms with Crippen LogP contribution in [0.15, 0.2) is 29.2 Å². The first kappa shape index (κ1) is 14.2.